The first kappa shape index (κ1) is 17.6. The molecule has 128 valence electrons. The van der Waals surface area contributed by atoms with Gasteiger partial charge in [0.1, 0.15) is 5.60 Å². The molecule has 1 aliphatic rings. The van der Waals surface area contributed by atoms with Crippen molar-refractivity contribution in [2.45, 2.75) is 65.6 Å². The number of amides is 1. The van der Waals surface area contributed by atoms with Crippen molar-refractivity contribution in [3.63, 3.8) is 0 Å². The Morgan fingerprint density at radius 3 is 2.52 bits per heavy atom. The van der Waals surface area contributed by atoms with Crippen LogP contribution in [-0.2, 0) is 11.3 Å². The Balaban J connectivity index is 2.04. The lowest BCUT2D eigenvalue weighted by Crippen LogP contribution is -2.37. The number of anilines is 1. The standard InChI is InChI=1S/C19H30N2O2/c1-6-21(18(22)23-19(3,4)5)13-15-9-7-8-10-17(15)20-16-11-14(2)12-16/h7-10,14,16,20H,6,11-13H2,1-5H3. The number of hydrogen-bond acceptors (Lipinski definition) is 3. The topological polar surface area (TPSA) is 41.6 Å². The van der Waals surface area contributed by atoms with Crippen LogP contribution in [0.25, 0.3) is 0 Å². The quantitative estimate of drug-likeness (QED) is 0.859. The van der Waals surface area contributed by atoms with Gasteiger partial charge in [-0.1, -0.05) is 25.1 Å². The molecule has 1 fully saturated rings. The normalized spacial score (nSPS) is 20.6. The summed E-state index contributed by atoms with van der Waals surface area (Å²) in [7, 11) is 0. The van der Waals surface area contributed by atoms with Gasteiger partial charge in [0.2, 0.25) is 0 Å². The maximum Gasteiger partial charge on any atom is 0.410 e. The van der Waals surface area contributed by atoms with E-state index in [9.17, 15) is 4.79 Å². The molecule has 0 saturated heterocycles. The smallest absolute Gasteiger partial charge is 0.410 e. The van der Waals surface area contributed by atoms with Crippen molar-refractivity contribution in [3.8, 4) is 0 Å². The third-order valence-electron chi connectivity index (χ3n) is 4.15. The Hall–Kier alpha value is -1.71. The summed E-state index contributed by atoms with van der Waals surface area (Å²) >= 11 is 0. The predicted molar refractivity (Wildman–Crippen MR) is 94.6 cm³/mol. The van der Waals surface area contributed by atoms with Crippen LogP contribution in [0.2, 0.25) is 0 Å². The molecule has 0 unspecified atom stereocenters. The SMILES string of the molecule is CCN(Cc1ccccc1NC1CC(C)C1)C(=O)OC(C)(C)C. The van der Waals surface area contributed by atoms with E-state index in [4.69, 9.17) is 4.74 Å². The highest BCUT2D eigenvalue weighted by Crippen LogP contribution is 2.30. The van der Waals surface area contributed by atoms with E-state index in [1.807, 2.05) is 39.8 Å². The predicted octanol–water partition coefficient (Wildman–Crippen LogP) is 4.65. The highest BCUT2D eigenvalue weighted by molar-refractivity contribution is 5.68. The molecule has 4 heteroatoms. The summed E-state index contributed by atoms with van der Waals surface area (Å²) in [5.74, 6) is 0.813. The van der Waals surface area contributed by atoms with Crippen LogP contribution in [0.5, 0.6) is 0 Å². The van der Waals surface area contributed by atoms with E-state index >= 15 is 0 Å². The third kappa shape index (κ3) is 5.15. The van der Waals surface area contributed by atoms with Crippen molar-refractivity contribution in [2.75, 3.05) is 11.9 Å². The molecule has 0 atom stereocenters. The number of nitrogens with one attached hydrogen (secondary N) is 1. The number of rotatable bonds is 5. The van der Waals surface area contributed by atoms with E-state index in [-0.39, 0.29) is 6.09 Å². The van der Waals surface area contributed by atoms with Crippen LogP contribution in [0.15, 0.2) is 24.3 Å². The molecule has 0 aromatic heterocycles. The molecule has 23 heavy (non-hydrogen) atoms. The summed E-state index contributed by atoms with van der Waals surface area (Å²) in [5.41, 5.74) is 1.80. The highest BCUT2D eigenvalue weighted by Gasteiger charge is 2.26. The first-order valence-electron chi connectivity index (χ1n) is 8.61. The summed E-state index contributed by atoms with van der Waals surface area (Å²) in [6.07, 6.45) is 2.18. The van der Waals surface area contributed by atoms with Crippen molar-refractivity contribution in [3.05, 3.63) is 29.8 Å². The zero-order valence-electron chi connectivity index (χ0n) is 15.1. The van der Waals surface area contributed by atoms with Crippen molar-refractivity contribution >= 4 is 11.8 Å². The Kier molecular flexibility index (Phi) is 5.55. The fourth-order valence-corrected chi connectivity index (χ4v) is 2.88. The van der Waals surface area contributed by atoms with Gasteiger partial charge < -0.3 is 15.0 Å². The van der Waals surface area contributed by atoms with Gasteiger partial charge in [0.15, 0.2) is 0 Å². The van der Waals surface area contributed by atoms with E-state index < -0.39 is 5.60 Å². The maximum absolute atomic E-state index is 12.3. The van der Waals surface area contributed by atoms with Gasteiger partial charge in [-0.2, -0.15) is 0 Å². The molecule has 0 heterocycles. The number of hydrogen-bond donors (Lipinski definition) is 1. The molecule has 1 N–H and O–H groups in total. The number of ether oxygens (including phenoxy) is 1. The van der Waals surface area contributed by atoms with E-state index in [1.54, 1.807) is 4.90 Å². The minimum absolute atomic E-state index is 0.257. The van der Waals surface area contributed by atoms with Gasteiger partial charge in [0.05, 0.1) is 6.54 Å². The minimum Gasteiger partial charge on any atom is -0.444 e. The minimum atomic E-state index is -0.468. The van der Waals surface area contributed by atoms with Crippen LogP contribution >= 0.6 is 0 Å². The van der Waals surface area contributed by atoms with Gasteiger partial charge in [0.25, 0.3) is 0 Å². The largest absolute Gasteiger partial charge is 0.444 e. The molecular weight excluding hydrogens is 288 g/mol. The summed E-state index contributed by atoms with van der Waals surface area (Å²) in [6, 6.07) is 8.80. The van der Waals surface area contributed by atoms with Gasteiger partial charge >= 0.3 is 6.09 Å². The summed E-state index contributed by atoms with van der Waals surface area (Å²) in [5, 5.41) is 3.62. The first-order chi connectivity index (χ1) is 10.8. The molecule has 1 saturated carbocycles. The van der Waals surface area contributed by atoms with Gasteiger partial charge in [-0.25, -0.2) is 4.79 Å². The number of benzene rings is 1. The summed E-state index contributed by atoms with van der Waals surface area (Å²) in [6.45, 7) is 11.1. The number of carbonyl (C=O) groups is 1. The zero-order valence-corrected chi connectivity index (χ0v) is 15.1. The maximum atomic E-state index is 12.3. The third-order valence-corrected chi connectivity index (χ3v) is 4.15. The Morgan fingerprint density at radius 2 is 1.96 bits per heavy atom. The Labute approximate surface area is 140 Å². The van der Waals surface area contributed by atoms with Crippen LogP contribution in [0.3, 0.4) is 0 Å². The number of carbonyl (C=O) groups excluding carboxylic acids is 1. The van der Waals surface area contributed by atoms with Crippen molar-refractivity contribution < 1.29 is 9.53 Å². The van der Waals surface area contributed by atoms with Crippen molar-refractivity contribution in [2.24, 2.45) is 5.92 Å². The average molecular weight is 318 g/mol. The molecule has 1 amide bonds. The van der Waals surface area contributed by atoms with Gasteiger partial charge in [-0.15, -0.1) is 0 Å². The van der Waals surface area contributed by atoms with Gasteiger partial charge in [-0.05, 0) is 58.1 Å². The first-order valence-corrected chi connectivity index (χ1v) is 8.61. The van der Waals surface area contributed by atoms with Crippen molar-refractivity contribution in [1.82, 2.24) is 4.90 Å². The number of para-hydroxylation sites is 1. The van der Waals surface area contributed by atoms with Crippen LogP contribution in [-0.4, -0.2) is 29.2 Å². The molecule has 4 nitrogen and oxygen atoms in total. The van der Waals surface area contributed by atoms with E-state index in [1.165, 1.54) is 12.8 Å². The lowest BCUT2D eigenvalue weighted by molar-refractivity contribution is 0.0245. The number of nitrogens with zero attached hydrogens (tertiary/aromatic N) is 1. The molecule has 0 spiro atoms. The monoisotopic (exact) mass is 318 g/mol. The van der Waals surface area contributed by atoms with Gasteiger partial charge in [0, 0.05) is 18.3 Å². The van der Waals surface area contributed by atoms with Crippen LogP contribution in [0.4, 0.5) is 10.5 Å². The molecule has 0 radical (unpaired) electrons. The second kappa shape index (κ2) is 7.24. The van der Waals surface area contributed by atoms with Gasteiger partial charge in [-0.3, -0.25) is 0 Å². The molecular formula is C19H30N2O2. The second-order valence-corrected chi connectivity index (χ2v) is 7.57. The fourth-order valence-electron chi connectivity index (χ4n) is 2.88. The average Bonchev–Trinajstić information content (AvgIpc) is 2.42. The Morgan fingerprint density at radius 1 is 1.30 bits per heavy atom. The van der Waals surface area contributed by atoms with Crippen LogP contribution < -0.4 is 5.32 Å². The van der Waals surface area contributed by atoms with Crippen molar-refractivity contribution in [1.29, 1.82) is 0 Å². The van der Waals surface area contributed by atoms with Crippen LogP contribution in [0.1, 0.15) is 53.0 Å². The lowest BCUT2D eigenvalue weighted by atomic mass is 9.81. The zero-order chi connectivity index (χ0) is 17.0. The highest BCUT2D eigenvalue weighted by atomic mass is 16.6. The van der Waals surface area contributed by atoms with E-state index in [2.05, 4.69) is 24.4 Å². The molecule has 1 aromatic rings. The van der Waals surface area contributed by atoms with E-state index in [0.29, 0.717) is 19.1 Å². The fraction of sp³-hybridized carbons (Fsp3) is 0.632. The summed E-state index contributed by atoms with van der Waals surface area (Å²) < 4.78 is 5.50. The molecule has 2 rings (SSSR count). The molecule has 1 aliphatic carbocycles. The van der Waals surface area contributed by atoms with Crippen LogP contribution in [0, 0.1) is 5.92 Å². The molecule has 0 bridgehead atoms. The molecule has 1 aromatic carbocycles. The second-order valence-electron chi connectivity index (χ2n) is 7.57. The van der Waals surface area contributed by atoms with E-state index in [0.717, 1.165) is 17.2 Å². The Bertz CT molecular complexity index is 530. The molecule has 0 aliphatic heterocycles. The summed E-state index contributed by atoms with van der Waals surface area (Å²) in [4.78, 5) is 14.1. The lowest BCUT2D eigenvalue weighted by Gasteiger charge is -2.35.